The van der Waals surface area contributed by atoms with Crippen molar-refractivity contribution < 1.29 is 19.0 Å². The van der Waals surface area contributed by atoms with Crippen LogP contribution in [0.5, 0.6) is 5.75 Å². The molecule has 3 aromatic rings. The second-order valence-corrected chi connectivity index (χ2v) is 9.32. The summed E-state index contributed by atoms with van der Waals surface area (Å²) in [6.45, 7) is 6.01. The maximum absolute atomic E-state index is 13.2. The van der Waals surface area contributed by atoms with Gasteiger partial charge in [0.1, 0.15) is 11.4 Å². The molecule has 2 aromatic heterocycles. The summed E-state index contributed by atoms with van der Waals surface area (Å²) in [5.41, 5.74) is 6.70. The number of aromatic amines is 1. The van der Waals surface area contributed by atoms with Gasteiger partial charge in [-0.2, -0.15) is 0 Å². The highest BCUT2D eigenvalue weighted by atomic mass is 16.5. The summed E-state index contributed by atoms with van der Waals surface area (Å²) >= 11 is 0. The van der Waals surface area contributed by atoms with Gasteiger partial charge in [-0.15, -0.1) is 0 Å². The van der Waals surface area contributed by atoms with Gasteiger partial charge in [0.05, 0.1) is 45.0 Å². The maximum Gasteiger partial charge on any atom is 0.320 e. The van der Waals surface area contributed by atoms with E-state index in [0.717, 1.165) is 40.9 Å². The van der Waals surface area contributed by atoms with Gasteiger partial charge in [-0.1, -0.05) is 6.07 Å². The van der Waals surface area contributed by atoms with Crippen molar-refractivity contribution >= 4 is 17.1 Å². The van der Waals surface area contributed by atoms with Gasteiger partial charge in [-0.3, -0.25) is 0 Å². The predicted molar refractivity (Wildman–Crippen MR) is 132 cm³/mol. The van der Waals surface area contributed by atoms with Crippen LogP contribution in [0.25, 0.3) is 22.2 Å². The second-order valence-electron chi connectivity index (χ2n) is 9.32. The number of amides is 2. The van der Waals surface area contributed by atoms with Crippen LogP contribution in [-0.4, -0.2) is 85.5 Å². The van der Waals surface area contributed by atoms with Gasteiger partial charge in [0.25, 0.3) is 0 Å². The number of ether oxygens (including phenoxy) is 3. The minimum atomic E-state index is 0.0920. The number of fused-ring (bicyclic) bond motifs is 2. The van der Waals surface area contributed by atoms with E-state index in [9.17, 15) is 4.79 Å². The van der Waals surface area contributed by atoms with Gasteiger partial charge in [-0.05, 0) is 40.8 Å². The number of hydrogen-bond donors (Lipinski definition) is 2. The van der Waals surface area contributed by atoms with Crippen LogP contribution < -0.4 is 10.1 Å². The molecule has 1 aromatic carbocycles. The molecule has 0 saturated carbocycles. The molecular weight excluding hydrogens is 446 g/mol. The van der Waals surface area contributed by atoms with E-state index in [4.69, 9.17) is 14.2 Å². The Kier molecular flexibility index (Phi) is 6.05. The number of carbonyl (C=O) groups is 1. The molecule has 0 spiro atoms. The number of nitrogens with one attached hydrogen (secondary N) is 2. The van der Waals surface area contributed by atoms with Crippen molar-refractivity contribution in [2.45, 2.75) is 19.0 Å². The van der Waals surface area contributed by atoms with Crippen molar-refractivity contribution in [3.05, 3.63) is 47.3 Å². The zero-order valence-electron chi connectivity index (χ0n) is 20.0. The lowest BCUT2D eigenvalue weighted by Crippen LogP contribution is -2.49. The Morgan fingerprint density at radius 2 is 1.97 bits per heavy atom. The molecule has 9 nitrogen and oxygen atoms in total. The zero-order chi connectivity index (χ0) is 23.8. The molecule has 1 atom stereocenters. The first-order chi connectivity index (χ1) is 17.2. The number of methoxy groups -OCH3 is 1. The third-order valence-electron chi connectivity index (χ3n) is 7.27. The molecule has 2 saturated heterocycles. The van der Waals surface area contributed by atoms with Crippen LogP contribution in [0.1, 0.15) is 22.7 Å². The number of benzene rings is 1. The molecule has 2 fully saturated rings. The maximum atomic E-state index is 13.2. The highest BCUT2D eigenvalue weighted by molar-refractivity contribution is 5.87. The van der Waals surface area contributed by atoms with E-state index < -0.39 is 0 Å². The van der Waals surface area contributed by atoms with Crippen LogP contribution in [0.3, 0.4) is 0 Å². The molecule has 2 N–H and O–H groups in total. The van der Waals surface area contributed by atoms with E-state index in [-0.39, 0.29) is 12.1 Å². The first-order valence-electron chi connectivity index (χ1n) is 12.3. The first kappa shape index (κ1) is 22.3. The molecule has 0 aliphatic carbocycles. The minimum Gasteiger partial charge on any atom is -0.494 e. The number of aromatic nitrogens is 2. The molecule has 0 radical (unpaired) electrons. The molecule has 3 aliphatic heterocycles. The summed E-state index contributed by atoms with van der Waals surface area (Å²) in [5.74, 6) is 0.784. The van der Waals surface area contributed by atoms with Crippen LogP contribution in [0.2, 0.25) is 0 Å². The Hall–Kier alpha value is -3.14. The van der Waals surface area contributed by atoms with Gasteiger partial charge < -0.3 is 34.3 Å². The standard InChI is InChI=1S/C26H31N5O4/c1-33-24-14-29-25-21(24)12-19(13-28-25)18-10-17-2-4-31(26(32)30-5-8-34-9-6-30)15-22(17)20(11-18)23-16-35-7-3-27-23/h10-14,23,27H,2-9,15-16H2,1H3,(H,28,29)/t23-/m0/s1. The number of morpholine rings is 2. The number of carbonyl (C=O) groups excluding carboxylic acids is 1. The molecule has 184 valence electrons. The Bertz CT molecular complexity index is 1230. The summed E-state index contributed by atoms with van der Waals surface area (Å²) in [4.78, 5) is 24.9. The highest BCUT2D eigenvalue weighted by Gasteiger charge is 2.30. The molecule has 5 heterocycles. The topological polar surface area (TPSA) is 92.0 Å². The smallest absolute Gasteiger partial charge is 0.320 e. The van der Waals surface area contributed by atoms with Crippen molar-refractivity contribution in [1.29, 1.82) is 0 Å². The average Bonchev–Trinajstić information content (AvgIpc) is 3.35. The first-order valence-corrected chi connectivity index (χ1v) is 12.3. The average molecular weight is 478 g/mol. The van der Waals surface area contributed by atoms with E-state index in [0.29, 0.717) is 52.6 Å². The van der Waals surface area contributed by atoms with Crippen molar-refractivity contribution in [1.82, 2.24) is 25.1 Å². The van der Waals surface area contributed by atoms with E-state index in [1.165, 1.54) is 16.7 Å². The summed E-state index contributed by atoms with van der Waals surface area (Å²) in [7, 11) is 1.67. The lowest BCUT2D eigenvalue weighted by Gasteiger charge is -2.37. The van der Waals surface area contributed by atoms with Gasteiger partial charge in [0.2, 0.25) is 0 Å². The predicted octanol–water partition coefficient (Wildman–Crippen LogP) is 2.71. The Morgan fingerprint density at radius 3 is 2.77 bits per heavy atom. The molecule has 9 heteroatoms. The lowest BCUT2D eigenvalue weighted by atomic mass is 9.87. The summed E-state index contributed by atoms with van der Waals surface area (Å²) < 4.78 is 16.8. The summed E-state index contributed by atoms with van der Waals surface area (Å²) in [5, 5.41) is 4.58. The third-order valence-corrected chi connectivity index (χ3v) is 7.27. The van der Waals surface area contributed by atoms with Crippen LogP contribution in [-0.2, 0) is 22.4 Å². The van der Waals surface area contributed by atoms with E-state index in [1.54, 1.807) is 7.11 Å². The molecule has 3 aliphatic rings. The second kappa shape index (κ2) is 9.49. The number of pyridine rings is 1. The quantitative estimate of drug-likeness (QED) is 0.603. The molecular formula is C26H31N5O4. The fraction of sp³-hybridized carbons (Fsp3) is 0.462. The number of nitrogens with zero attached hydrogens (tertiary/aromatic N) is 3. The number of rotatable bonds is 3. The van der Waals surface area contributed by atoms with Crippen LogP contribution in [0.15, 0.2) is 30.6 Å². The molecule has 6 rings (SSSR count). The fourth-order valence-corrected chi connectivity index (χ4v) is 5.36. The van der Waals surface area contributed by atoms with E-state index >= 15 is 0 Å². The van der Waals surface area contributed by atoms with Crippen LogP contribution in [0.4, 0.5) is 4.79 Å². The van der Waals surface area contributed by atoms with Gasteiger partial charge in [0.15, 0.2) is 0 Å². The van der Waals surface area contributed by atoms with E-state index in [2.05, 4.69) is 33.5 Å². The monoisotopic (exact) mass is 477 g/mol. The third kappa shape index (κ3) is 4.24. The van der Waals surface area contributed by atoms with Crippen molar-refractivity contribution in [2.75, 3.05) is 59.7 Å². The summed E-state index contributed by atoms with van der Waals surface area (Å²) in [6.07, 6.45) is 4.57. The SMILES string of the molecule is COc1c[nH]c2ncc(-c3cc4c(c([C@@H]5COCCN5)c3)CN(C(=O)N3CCOCC3)CC4)cc12. The Labute approximate surface area is 204 Å². The van der Waals surface area contributed by atoms with Crippen LogP contribution >= 0.6 is 0 Å². The summed E-state index contributed by atoms with van der Waals surface area (Å²) in [6, 6.07) is 6.84. The normalized spacial score (nSPS) is 20.7. The highest BCUT2D eigenvalue weighted by Crippen LogP contribution is 2.35. The Morgan fingerprint density at radius 1 is 1.09 bits per heavy atom. The van der Waals surface area contributed by atoms with Gasteiger partial charge >= 0.3 is 6.03 Å². The van der Waals surface area contributed by atoms with Gasteiger partial charge in [0, 0.05) is 50.7 Å². The number of hydrogen-bond acceptors (Lipinski definition) is 6. The molecule has 2 amide bonds. The zero-order valence-corrected chi connectivity index (χ0v) is 20.0. The number of urea groups is 1. The molecule has 35 heavy (non-hydrogen) atoms. The van der Waals surface area contributed by atoms with Crippen molar-refractivity contribution in [3.8, 4) is 16.9 Å². The minimum absolute atomic E-state index is 0.0920. The van der Waals surface area contributed by atoms with Gasteiger partial charge in [-0.25, -0.2) is 9.78 Å². The largest absolute Gasteiger partial charge is 0.494 e. The lowest BCUT2D eigenvalue weighted by molar-refractivity contribution is 0.0420. The molecule has 0 unspecified atom stereocenters. The van der Waals surface area contributed by atoms with E-state index in [1.807, 2.05) is 22.2 Å². The van der Waals surface area contributed by atoms with Crippen molar-refractivity contribution in [2.24, 2.45) is 0 Å². The van der Waals surface area contributed by atoms with Crippen LogP contribution in [0, 0.1) is 0 Å². The Balaban J connectivity index is 1.37. The number of H-pyrrole nitrogens is 1. The van der Waals surface area contributed by atoms with Crippen molar-refractivity contribution in [3.63, 3.8) is 0 Å². The fourth-order valence-electron chi connectivity index (χ4n) is 5.36. The molecule has 0 bridgehead atoms.